The molecule has 124 valence electrons. The molecule has 1 aromatic heterocycles. The van der Waals surface area contributed by atoms with Crippen molar-refractivity contribution in [2.75, 3.05) is 32.8 Å². The Bertz CT molecular complexity index is 722. The number of hydrogen-bond acceptors (Lipinski definition) is 6. The Morgan fingerprint density at radius 1 is 1.30 bits per heavy atom. The fourth-order valence-corrected chi connectivity index (χ4v) is 3.06. The Morgan fingerprint density at radius 3 is 2.70 bits per heavy atom. The molecule has 2 atom stereocenters. The molecule has 2 aromatic rings. The van der Waals surface area contributed by atoms with Gasteiger partial charge in [0.25, 0.3) is 0 Å². The molecule has 0 spiro atoms. The predicted molar refractivity (Wildman–Crippen MR) is 89.5 cm³/mol. The lowest BCUT2D eigenvalue weighted by atomic mass is 9.93. The number of ether oxygens (including phenoxy) is 3. The minimum absolute atomic E-state index is 0.124. The minimum Gasteiger partial charge on any atom is -0.493 e. The average molecular weight is 317 g/mol. The van der Waals surface area contributed by atoms with Gasteiger partial charge in [-0.1, -0.05) is 0 Å². The molecule has 0 bridgehead atoms. The first-order valence-electron chi connectivity index (χ1n) is 7.74. The Hall–Kier alpha value is -2.08. The first-order valence-corrected chi connectivity index (χ1v) is 7.74. The van der Waals surface area contributed by atoms with E-state index in [1.807, 2.05) is 25.4 Å². The van der Waals surface area contributed by atoms with Crippen LogP contribution in [0.3, 0.4) is 0 Å². The van der Waals surface area contributed by atoms with Crippen LogP contribution in [0.5, 0.6) is 11.5 Å². The Kier molecular flexibility index (Phi) is 4.02. The summed E-state index contributed by atoms with van der Waals surface area (Å²) in [6, 6.07) is 3.80. The molecular weight excluding hydrogens is 294 g/mol. The Morgan fingerprint density at radius 2 is 2.09 bits per heavy atom. The van der Waals surface area contributed by atoms with Gasteiger partial charge >= 0.3 is 0 Å². The standard InChI is InChI=1S/C17H23N3O3/c1-11-17(2,8-9-23-11)20(3)16-18-10-12-6-7-13(21-4)15(22-5)14(12)19-16/h6-7,10-11H,8-9H2,1-5H3. The molecule has 2 heterocycles. The van der Waals surface area contributed by atoms with Crippen LogP contribution < -0.4 is 14.4 Å². The van der Waals surface area contributed by atoms with Crippen molar-refractivity contribution in [2.45, 2.75) is 31.9 Å². The number of fused-ring (bicyclic) bond motifs is 1. The van der Waals surface area contributed by atoms with E-state index < -0.39 is 0 Å². The second-order valence-electron chi connectivity index (χ2n) is 6.09. The quantitative estimate of drug-likeness (QED) is 0.864. The molecule has 0 aliphatic carbocycles. The summed E-state index contributed by atoms with van der Waals surface area (Å²) in [6.45, 7) is 5.03. The van der Waals surface area contributed by atoms with Crippen LogP contribution in [0, 0.1) is 0 Å². The molecule has 1 fully saturated rings. The average Bonchev–Trinajstić information content (AvgIpc) is 2.92. The van der Waals surface area contributed by atoms with Gasteiger partial charge in [0.15, 0.2) is 11.5 Å². The van der Waals surface area contributed by atoms with Crippen LogP contribution in [-0.4, -0.2) is 49.5 Å². The number of rotatable bonds is 4. The van der Waals surface area contributed by atoms with Crippen molar-refractivity contribution >= 4 is 16.9 Å². The summed E-state index contributed by atoms with van der Waals surface area (Å²) in [7, 11) is 5.26. The third kappa shape index (κ3) is 2.47. The van der Waals surface area contributed by atoms with Gasteiger partial charge in [-0.3, -0.25) is 0 Å². The summed E-state index contributed by atoms with van der Waals surface area (Å²) in [6.07, 6.45) is 2.89. The smallest absolute Gasteiger partial charge is 0.226 e. The molecular formula is C17H23N3O3. The molecule has 0 radical (unpaired) electrons. The maximum Gasteiger partial charge on any atom is 0.226 e. The molecule has 0 N–H and O–H groups in total. The van der Waals surface area contributed by atoms with E-state index in [2.05, 4.69) is 23.7 Å². The summed E-state index contributed by atoms with van der Waals surface area (Å²) >= 11 is 0. The van der Waals surface area contributed by atoms with E-state index in [4.69, 9.17) is 19.2 Å². The largest absolute Gasteiger partial charge is 0.493 e. The fourth-order valence-electron chi connectivity index (χ4n) is 3.06. The van der Waals surface area contributed by atoms with Crippen molar-refractivity contribution in [1.29, 1.82) is 0 Å². The molecule has 23 heavy (non-hydrogen) atoms. The first kappa shape index (κ1) is 15.8. The van der Waals surface area contributed by atoms with Crippen molar-refractivity contribution in [3.63, 3.8) is 0 Å². The lowest BCUT2D eigenvalue weighted by molar-refractivity contribution is 0.0984. The van der Waals surface area contributed by atoms with Gasteiger partial charge in [-0.15, -0.1) is 0 Å². The van der Waals surface area contributed by atoms with Crippen LogP contribution in [0.4, 0.5) is 5.95 Å². The van der Waals surface area contributed by atoms with Crippen LogP contribution in [0.1, 0.15) is 20.3 Å². The van der Waals surface area contributed by atoms with Crippen molar-refractivity contribution < 1.29 is 14.2 Å². The van der Waals surface area contributed by atoms with Gasteiger partial charge in [0, 0.05) is 25.2 Å². The second kappa shape index (κ2) is 5.85. The number of benzene rings is 1. The van der Waals surface area contributed by atoms with Crippen LogP contribution in [0.25, 0.3) is 10.9 Å². The van der Waals surface area contributed by atoms with E-state index in [-0.39, 0.29) is 11.6 Å². The van der Waals surface area contributed by atoms with Crippen molar-refractivity contribution in [3.05, 3.63) is 18.3 Å². The van der Waals surface area contributed by atoms with E-state index in [0.29, 0.717) is 17.4 Å². The molecule has 1 saturated heterocycles. The number of likely N-dealkylation sites (N-methyl/N-ethyl adjacent to an activating group) is 1. The molecule has 1 aliphatic rings. The van der Waals surface area contributed by atoms with E-state index >= 15 is 0 Å². The van der Waals surface area contributed by atoms with E-state index in [1.54, 1.807) is 14.2 Å². The van der Waals surface area contributed by atoms with Gasteiger partial charge in [-0.05, 0) is 32.4 Å². The topological polar surface area (TPSA) is 56.7 Å². The zero-order chi connectivity index (χ0) is 16.6. The zero-order valence-electron chi connectivity index (χ0n) is 14.3. The van der Waals surface area contributed by atoms with Crippen molar-refractivity contribution in [3.8, 4) is 11.5 Å². The summed E-state index contributed by atoms with van der Waals surface area (Å²) in [5, 5.41) is 0.917. The molecule has 6 heteroatoms. The monoisotopic (exact) mass is 317 g/mol. The lowest BCUT2D eigenvalue weighted by Gasteiger charge is -2.37. The van der Waals surface area contributed by atoms with Gasteiger partial charge in [-0.2, -0.15) is 0 Å². The molecule has 0 amide bonds. The van der Waals surface area contributed by atoms with E-state index in [0.717, 1.165) is 23.9 Å². The van der Waals surface area contributed by atoms with Crippen LogP contribution in [0.15, 0.2) is 18.3 Å². The predicted octanol–water partition coefficient (Wildman–Crippen LogP) is 2.65. The molecule has 0 saturated carbocycles. The summed E-state index contributed by atoms with van der Waals surface area (Å²) in [5.41, 5.74) is 0.624. The molecule has 6 nitrogen and oxygen atoms in total. The number of aromatic nitrogens is 2. The maximum absolute atomic E-state index is 5.74. The van der Waals surface area contributed by atoms with Gasteiger partial charge in [0.05, 0.1) is 25.9 Å². The third-order valence-electron chi connectivity index (χ3n) is 5.00. The molecule has 1 aliphatic heterocycles. The SMILES string of the molecule is COc1ccc2cnc(N(C)C3(C)CCOC3C)nc2c1OC. The number of anilines is 1. The third-order valence-corrected chi connectivity index (χ3v) is 5.00. The van der Waals surface area contributed by atoms with Gasteiger partial charge < -0.3 is 19.1 Å². The first-order chi connectivity index (χ1) is 11.0. The van der Waals surface area contributed by atoms with Crippen LogP contribution >= 0.6 is 0 Å². The Balaban J connectivity index is 2.08. The zero-order valence-corrected chi connectivity index (χ0v) is 14.3. The van der Waals surface area contributed by atoms with Gasteiger partial charge in [0.2, 0.25) is 5.95 Å². The highest BCUT2D eigenvalue weighted by Gasteiger charge is 2.41. The normalized spacial score (nSPS) is 24.0. The molecule has 2 unspecified atom stereocenters. The summed E-state index contributed by atoms with van der Waals surface area (Å²) < 4.78 is 16.6. The van der Waals surface area contributed by atoms with E-state index in [1.165, 1.54) is 0 Å². The highest BCUT2D eigenvalue weighted by atomic mass is 16.5. The van der Waals surface area contributed by atoms with Gasteiger partial charge in [0.1, 0.15) is 5.52 Å². The fraction of sp³-hybridized carbons (Fsp3) is 0.529. The Labute approximate surface area is 136 Å². The van der Waals surface area contributed by atoms with Crippen LogP contribution in [-0.2, 0) is 4.74 Å². The lowest BCUT2D eigenvalue weighted by Crippen LogP contribution is -2.49. The molecule has 1 aromatic carbocycles. The van der Waals surface area contributed by atoms with E-state index in [9.17, 15) is 0 Å². The maximum atomic E-state index is 5.74. The summed E-state index contributed by atoms with van der Waals surface area (Å²) in [5.74, 6) is 1.95. The number of hydrogen-bond donors (Lipinski definition) is 0. The van der Waals surface area contributed by atoms with Crippen molar-refractivity contribution in [1.82, 2.24) is 9.97 Å². The van der Waals surface area contributed by atoms with Gasteiger partial charge in [-0.25, -0.2) is 9.97 Å². The van der Waals surface area contributed by atoms with Crippen molar-refractivity contribution in [2.24, 2.45) is 0 Å². The second-order valence-corrected chi connectivity index (χ2v) is 6.09. The highest BCUT2D eigenvalue weighted by molar-refractivity contribution is 5.87. The van der Waals surface area contributed by atoms with Crippen LogP contribution in [0.2, 0.25) is 0 Å². The number of methoxy groups -OCH3 is 2. The minimum atomic E-state index is -0.125. The highest BCUT2D eigenvalue weighted by Crippen LogP contribution is 2.37. The summed E-state index contributed by atoms with van der Waals surface area (Å²) in [4.78, 5) is 11.4. The molecule has 3 rings (SSSR count). The number of nitrogens with zero attached hydrogens (tertiary/aromatic N) is 3.